The zero-order valence-corrected chi connectivity index (χ0v) is 17.4. The Morgan fingerprint density at radius 2 is 2.11 bits per heavy atom. The third-order valence-electron chi connectivity index (χ3n) is 4.17. The number of nitrogens with one attached hydrogen (secondary N) is 2. The van der Waals surface area contributed by atoms with Gasteiger partial charge in [0.1, 0.15) is 0 Å². The van der Waals surface area contributed by atoms with Crippen molar-refractivity contribution in [2.75, 3.05) is 19.6 Å². The Labute approximate surface area is 175 Å². The summed E-state index contributed by atoms with van der Waals surface area (Å²) in [5.74, 6) is 0.529. The number of hydrogen-bond acceptors (Lipinski definition) is 4. The van der Waals surface area contributed by atoms with Gasteiger partial charge in [-0.05, 0) is 43.9 Å². The summed E-state index contributed by atoms with van der Waals surface area (Å²) in [7, 11) is 0. The molecule has 28 heavy (non-hydrogen) atoms. The molecule has 0 spiro atoms. The Hall–Kier alpha value is -2.30. The molecule has 0 saturated carbocycles. The molecule has 1 aliphatic heterocycles. The largest absolute Gasteiger partial charge is 0.356 e. The fourth-order valence-electron chi connectivity index (χ4n) is 2.76. The Bertz CT molecular complexity index is 787. The first-order valence-electron chi connectivity index (χ1n) is 9.31. The second-order valence-corrected chi connectivity index (χ2v) is 7.06. The monoisotopic (exact) mass is 422 g/mol. The van der Waals surface area contributed by atoms with E-state index in [9.17, 15) is 4.79 Å². The molecule has 1 aromatic carbocycles. The van der Waals surface area contributed by atoms with Gasteiger partial charge >= 0.3 is 0 Å². The van der Waals surface area contributed by atoms with Gasteiger partial charge < -0.3 is 5.32 Å². The lowest BCUT2D eigenvalue weighted by atomic mass is 10.0. The summed E-state index contributed by atoms with van der Waals surface area (Å²) in [4.78, 5) is 16.5. The van der Waals surface area contributed by atoms with Crippen molar-refractivity contribution in [3.63, 3.8) is 0 Å². The number of carbonyl (C=O) groups excluding carboxylic acids is 1. The van der Waals surface area contributed by atoms with E-state index in [1.807, 2.05) is 19.2 Å². The highest BCUT2D eigenvalue weighted by Crippen LogP contribution is 2.25. The van der Waals surface area contributed by atoms with Gasteiger partial charge in [0.2, 0.25) is 11.9 Å². The number of unbranched alkanes of at least 4 members (excludes halogenated alkanes) is 2. The molecule has 0 atom stereocenters. The molecule has 7 nitrogen and oxygen atoms in total. The van der Waals surface area contributed by atoms with E-state index >= 15 is 0 Å². The molecule has 1 aliphatic rings. The van der Waals surface area contributed by atoms with Gasteiger partial charge in [0.25, 0.3) is 0 Å². The maximum absolute atomic E-state index is 12.1. The van der Waals surface area contributed by atoms with Crippen molar-refractivity contribution in [2.24, 2.45) is 10.1 Å². The summed E-state index contributed by atoms with van der Waals surface area (Å²) < 4.78 is 0. The molecule has 0 radical (unpaired) electrons. The Morgan fingerprint density at radius 1 is 1.29 bits per heavy atom. The van der Waals surface area contributed by atoms with Crippen molar-refractivity contribution < 1.29 is 4.79 Å². The van der Waals surface area contributed by atoms with E-state index in [-0.39, 0.29) is 5.91 Å². The number of carbonyl (C=O) groups is 1. The number of hydrogen-bond donors (Lipinski definition) is 2. The van der Waals surface area contributed by atoms with E-state index in [4.69, 9.17) is 28.5 Å². The number of halogens is 2. The molecule has 0 bridgehead atoms. The highest BCUT2D eigenvalue weighted by Gasteiger charge is 2.21. The zero-order valence-electron chi connectivity index (χ0n) is 15.8. The highest BCUT2D eigenvalue weighted by molar-refractivity contribution is 6.42. The number of hydrazone groups is 1. The maximum Gasteiger partial charge on any atom is 0.243 e. The second kappa shape index (κ2) is 11.5. The first-order chi connectivity index (χ1) is 13.5. The SMILES string of the molecule is CCNC(=NCCCCCN1N=C(c2ccc(Cl)c(Cl)c2)CCC1=O)NC#N. The van der Waals surface area contributed by atoms with Gasteiger partial charge in [-0.2, -0.15) is 10.4 Å². The molecular weight excluding hydrogens is 399 g/mol. The van der Waals surface area contributed by atoms with Crippen molar-refractivity contribution in [1.82, 2.24) is 15.6 Å². The van der Waals surface area contributed by atoms with Crippen molar-refractivity contribution in [1.29, 1.82) is 5.26 Å². The number of nitriles is 1. The maximum atomic E-state index is 12.1. The number of benzene rings is 1. The lowest BCUT2D eigenvalue weighted by molar-refractivity contribution is -0.131. The molecule has 0 aromatic heterocycles. The normalized spacial score (nSPS) is 14.5. The van der Waals surface area contributed by atoms with Crippen LogP contribution in [0, 0.1) is 11.5 Å². The Balaban J connectivity index is 1.84. The average Bonchev–Trinajstić information content (AvgIpc) is 2.68. The molecule has 1 heterocycles. The summed E-state index contributed by atoms with van der Waals surface area (Å²) in [5, 5.41) is 21.2. The van der Waals surface area contributed by atoms with Crippen LogP contribution in [0.1, 0.15) is 44.6 Å². The van der Waals surface area contributed by atoms with Crippen LogP contribution in [0.5, 0.6) is 0 Å². The smallest absolute Gasteiger partial charge is 0.243 e. The fraction of sp³-hybridized carbons (Fsp3) is 0.474. The lowest BCUT2D eigenvalue weighted by Crippen LogP contribution is -2.34. The van der Waals surface area contributed by atoms with Crippen molar-refractivity contribution in [3.05, 3.63) is 33.8 Å². The molecule has 0 unspecified atom stereocenters. The van der Waals surface area contributed by atoms with Crippen LogP contribution >= 0.6 is 23.2 Å². The van der Waals surface area contributed by atoms with Crippen LogP contribution in [0.2, 0.25) is 10.0 Å². The van der Waals surface area contributed by atoms with Crippen molar-refractivity contribution in [3.8, 4) is 6.19 Å². The molecule has 0 saturated heterocycles. The Kier molecular flexibility index (Phi) is 9.05. The van der Waals surface area contributed by atoms with Crippen LogP contribution in [0.4, 0.5) is 0 Å². The van der Waals surface area contributed by atoms with Crippen LogP contribution in [-0.4, -0.2) is 42.2 Å². The third-order valence-corrected chi connectivity index (χ3v) is 4.91. The second-order valence-electron chi connectivity index (χ2n) is 6.25. The van der Waals surface area contributed by atoms with Gasteiger partial charge in [0.05, 0.1) is 15.8 Å². The average molecular weight is 423 g/mol. The summed E-state index contributed by atoms with van der Waals surface area (Å²) in [5.41, 5.74) is 1.74. The predicted molar refractivity (Wildman–Crippen MR) is 113 cm³/mol. The number of guanidine groups is 1. The summed E-state index contributed by atoms with van der Waals surface area (Å²) in [6, 6.07) is 5.40. The van der Waals surface area contributed by atoms with Gasteiger partial charge in [-0.25, -0.2) is 5.01 Å². The molecule has 1 aromatic rings. The topological polar surface area (TPSA) is 92.9 Å². The zero-order chi connectivity index (χ0) is 20.4. The van der Waals surface area contributed by atoms with Crippen LogP contribution in [0.25, 0.3) is 0 Å². The van der Waals surface area contributed by atoms with Crippen molar-refractivity contribution in [2.45, 2.75) is 39.0 Å². The summed E-state index contributed by atoms with van der Waals surface area (Å²) in [6.07, 6.45) is 5.51. The van der Waals surface area contributed by atoms with E-state index in [0.717, 1.165) is 30.5 Å². The Morgan fingerprint density at radius 3 is 2.82 bits per heavy atom. The van der Waals surface area contributed by atoms with Crippen LogP contribution < -0.4 is 10.6 Å². The van der Waals surface area contributed by atoms with Gasteiger partial charge in [-0.3, -0.25) is 15.1 Å². The summed E-state index contributed by atoms with van der Waals surface area (Å²) >= 11 is 12.1. The standard InChI is InChI=1S/C19H24Cl2N6O/c1-2-23-19(25-13-22)24-10-4-3-5-11-27-18(28)9-8-17(26-27)14-6-7-15(20)16(21)12-14/h6-7,12H,2-5,8-11H2,1H3,(H2,23,24,25). The van der Waals surface area contributed by atoms with Gasteiger partial charge in [0, 0.05) is 32.5 Å². The van der Waals surface area contributed by atoms with Crippen LogP contribution in [-0.2, 0) is 4.79 Å². The lowest BCUT2D eigenvalue weighted by Gasteiger charge is -2.23. The molecule has 2 rings (SSSR count). The number of nitrogens with zero attached hydrogens (tertiary/aromatic N) is 4. The quantitative estimate of drug-likeness (QED) is 0.220. The van der Waals surface area contributed by atoms with Crippen LogP contribution in [0.3, 0.4) is 0 Å². The third kappa shape index (κ3) is 6.70. The van der Waals surface area contributed by atoms with Gasteiger partial charge in [-0.15, -0.1) is 0 Å². The first kappa shape index (κ1) is 22.0. The fourth-order valence-corrected chi connectivity index (χ4v) is 3.06. The minimum atomic E-state index is 0.0366. The minimum Gasteiger partial charge on any atom is -0.356 e. The molecule has 9 heteroatoms. The highest BCUT2D eigenvalue weighted by atomic mass is 35.5. The molecule has 2 N–H and O–H groups in total. The summed E-state index contributed by atoms with van der Waals surface area (Å²) in [6.45, 7) is 3.83. The molecular formula is C19H24Cl2N6O. The van der Waals surface area contributed by atoms with E-state index in [2.05, 4.69) is 20.7 Å². The number of aliphatic imine (C=N–C) groups is 1. The first-order valence-corrected chi connectivity index (χ1v) is 10.1. The number of rotatable bonds is 8. The molecule has 0 aliphatic carbocycles. The van der Waals surface area contributed by atoms with Gasteiger partial charge in [-0.1, -0.05) is 29.3 Å². The van der Waals surface area contributed by atoms with E-state index in [1.165, 1.54) is 0 Å². The predicted octanol–water partition coefficient (Wildman–Crippen LogP) is 3.53. The van der Waals surface area contributed by atoms with E-state index in [0.29, 0.717) is 48.5 Å². The minimum absolute atomic E-state index is 0.0366. The van der Waals surface area contributed by atoms with E-state index in [1.54, 1.807) is 17.1 Å². The molecule has 1 amide bonds. The van der Waals surface area contributed by atoms with Crippen molar-refractivity contribution >= 4 is 40.8 Å². The van der Waals surface area contributed by atoms with Gasteiger partial charge in [0.15, 0.2) is 6.19 Å². The van der Waals surface area contributed by atoms with E-state index < -0.39 is 0 Å². The van der Waals surface area contributed by atoms with Crippen LogP contribution in [0.15, 0.2) is 28.3 Å². The molecule has 0 fully saturated rings. The number of amides is 1. The molecule has 150 valence electrons.